The first-order valence-corrected chi connectivity index (χ1v) is 10.8. The Morgan fingerprint density at radius 2 is 1.88 bits per heavy atom. The van der Waals surface area contributed by atoms with Gasteiger partial charge in [-0.1, -0.05) is 17.3 Å². The molecular formula is C26H22N6O2. The van der Waals surface area contributed by atoms with Gasteiger partial charge >= 0.3 is 0 Å². The van der Waals surface area contributed by atoms with E-state index in [0.29, 0.717) is 23.6 Å². The van der Waals surface area contributed by atoms with Gasteiger partial charge in [-0.05, 0) is 55.0 Å². The Morgan fingerprint density at radius 1 is 1.03 bits per heavy atom. The highest BCUT2D eigenvalue weighted by Crippen LogP contribution is 2.33. The lowest BCUT2D eigenvalue weighted by Gasteiger charge is -2.14. The summed E-state index contributed by atoms with van der Waals surface area (Å²) in [6, 6.07) is 17.0. The number of carbonyl (C=O) groups is 1. The van der Waals surface area contributed by atoms with Crippen LogP contribution in [0.2, 0.25) is 0 Å². The molecular weight excluding hydrogens is 428 g/mol. The van der Waals surface area contributed by atoms with Crippen molar-refractivity contribution in [3.05, 3.63) is 96.1 Å². The third-order valence-corrected chi connectivity index (χ3v) is 5.66. The molecule has 0 spiro atoms. The van der Waals surface area contributed by atoms with Crippen LogP contribution in [0.5, 0.6) is 11.5 Å². The Bertz CT molecular complexity index is 1480. The van der Waals surface area contributed by atoms with Crippen LogP contribution >= 0.6 is 0 Å². The lowest BCUT2D eigenvalue weighted by molar-refractivity contribution is 0.0950. The van der Waals surface area contributed by atoms with Gasteiger partial charge in [0.15, 0.2) is 0 Å². The lowest BCUT2D eigenvalue weighted by atomic mass is 10.1. The van der Waals surface area contributed by atoms with Crippen LogP contribution in [0.25, 0.3) is 22.2 Å². The number of nitrogens with zero attached hydrogens (tertiary/aromatic N) is 5. The second kappa shape index (κ2) is 9.11. The Morgan fingerprint density at radius 3 is 2.68 bits per heavy atom. The monoisotopic (exact) mass is 450 g/mol. The Labute approximate surface area is 196 Å². The van der Waals surface area contributed by atoms with E-state index < -0.39 is 0 Å². The van der Waals surface area contributed by atoms with Gasteiger partial charge in [-0.25, -0.2) is 4.68 Å². The van der Waals surface area contributed by atoms with Gasteiger partial charge in [0.25, 0.3) is 5.91 Å². The maximum atomic E-state index is 12.8. The number of rotatable bonds is 6. The first-order chi connectivity index (χ1) is 16.6. The predicted molar refractivity (Wildman–Crippen MR) is 128 cm³/mol. The van der Waals surface area contributed by atoms with Crippen LogP contribution in [-0.2, 0) is 13.6 Å². The summed E-state index contributed by atoms with van der Waals surface area (Å²) in [6.07, 6.45) is 6.84. The summed E-state index contributed by atoms with van der Waals surface area (Å²) >= 11 is 0. The zero-order valence-electron chi connectivity index (χ0n) is 18.8. The van der Waals surface area contributed by atoms with Crippen LogP contribution in [0.3, 0.4) is 0 Å². The van der Waals surface area contributed by atoms with E-state index in [1.54, 1.807) is 35.5 Å². The number of hydrogen-bond acceptors (Lipinski definition) is 6. The minimum absolute atomic E-state index is 0.159. The minimum atomic E-state index is -0.159. The van der Waals surface area contributed by atoms with Gasteiger partial charge < -0.3 is 10.1 Å². The van der Waals surface area contributed by atoms with Gasteiger partial charge in [0.1, 0.15) is 11.5 Å². The minimum Gasteiger partial charge on any atom is -0.456 e. The van der Waals surface area contributed by atoms with Crippen molar-refractivity contribution in [1.29, 1.82) is 0 Å². The maximum Gasteiger partial charge on any atom is 0.251 e. The van der Waals surface area contributed by atoms with Crippen molar-refractivity contribution < 1.29 is 9.53 Å². The summed E-state index contributed by atoms with van der Waals surface area (Å²) in [5.41, 5.74) is 4.97. The highest BCUT2D eigenvalue weighted by Gasteiger charge is 2.15. The number of pyridine rings is 2. The summed E-state index contributed by atoms with van der Waals surface area (Å²) in [6.45, 7) is 2.31. The first kappa shape index (κ1) is 21.3. The number of hydrogen-bond donors (Lipinski definition) is 1. The molecule has 0 aliphatic rings. The molecule has 0 saturated heterocycles. The molecule has 5 aromatic rings. The molecule has 0 radical (unpaired) electrons. The van der Waals surface area contributed by atoms with E-state index in [9.17, 15) is 4.79 Å². The van der Waals surface area contributed by atoms with E-state index >= 15 is 0 Å². The molecule has 1 amide bonds. The average Bonchev–Trinajstić information content (AvgIpc) is 3.30. The predicted octanol–water partition coefficient (Wildman–Crippen LogP) is 4.46. The summed E-state index contributed by atoms with van der Waals surface area (Å²) in [5, 5.41) is 11.8. The molecule has 3 heterocycles. The highest BCUT2D eigenvalue weighted by atomic mass is 16.5. The second-order valence-corrected chi connectivity index (χ2v) is 7.85. The molecule has 2 aromatic carbocycles. The van der Waals surface area contributed by atoms with Crippen molar-refractivity contribution in [1.82, 2.24) is 30.3 Å². The Hall–Kier alpha value is -4.59. The van der Waals surface area contributed by atoms with E-state index in [4.69, 9.17) is 4.74 Å². The largest absolute Gasteiger partial charge is 0.456 e. The van der Waals surface area contributed by atoms with E-state index in [2.05, 4.69) is 25.6 Å². The molecule has 0 aliphatic carbocycles. The number of aromatic nitrogens is 5. The quantitative estimate of drug-likeness (QED) is 0.411. The first-order valence-electron chi connectivity index (χ1n) is 10.8. The maximum absolute atomic E-state index is 12.8. The zero-order chi connectivity index (χ0) is 23.5. The van der Waals surface area contributed by atoms with Gasteiger partial charge in [-0.3, -0.25) is 14.8 Å². The molecule has 0 atom stereocenters. The number of benzene rings is 2. The summed E-state index contributed by atoms with van der Waals surface area (Å²) < 4.78 is 7.99. The topological polar surface area (TPSA) is 94.8 Å². The fraction of sp³-hybridized carbons (Fsp3) is 0.115. The second-order valence-electron chi connectivity index (χ2n) is 7.85. The summed E-state index contributed by atoms with van der Waals surface area (Å²) in [7, 11) is 1.85. The van der Waals surface area contributed by atoms with Gasteiger partial charge in [0.2, 0.25) is 0 Å². The molecule has 8 heteroatoms. The van der Waals surface area contributed by atoms with Crippen LogP contribution in [-0.4, -0.2) is 30.9 Å². The fourth-order valence-electron chi connectivity index (χ4n) is 3.79. The number of carbonyl (C=O) groups excluding carboxylic acids is 1. The third kappa shape index (κ3) is 4.21. The smallest absolute Gasteiger partial charge is 0.251 e. The number of fused-ring (bicyclic) bond motifs is 1. The van der Waals surface area contributed by atoms with Crippen LogP contribution < -0.4 is 10.1 Å². The number of aryl methyl sites for hydroxylation is 1. The molecule has 168 valence electrons. The fourth-order valence-corrected chi connectivity index (χ4v) is 3.79. The normalized spacial score (nSPS) is 10.9. The van der Waals surface area contributed by atoms with E-state index in [1.807, 2.05) is 62.5 Å². The van der Waals surface area contributed by atoms with Crippen molar-refractivity contribution in [2.45, 2.75) is 13.5 Å². The molecule has 0 aliphatic heterocycles. The van der Waals surface area contributed by atoms with Crippen LogP contribution in [0.4, 0.5) is 0 Å². The molecule has 0 fully saturated rings. The van der Waals surface area contributed by atoms with E-state index in [0.717, 1.165) is 33.3 Å². The van der Waals surface area contributed by atoms with Gasteiger partial charge in [0.05, 0.1) is 17.4 Å². The molecule has 34 heavy (non-hydrogen) atoms. The van der Waals surface area contributed by atoms with Crippen molar-refractivity contribution in [3.63, 3.8) is 0 Å². The molecule has 0 unspecified atom stereocenters. The summed E-state index contributed by atoms with van der Waals surface area (Å²) in [4.78, 5) is 21.3. The Kier molecular flexibility index (Phi) is 5.70. The SMILES string of the molecule is Cc1c(Oc2ccnc3cc(-c4cnnn4C)ccc23)cccc1C(=O)NCc1ccncc1. The zero-order valence-corrected chi connectivity index (χ0v) is 18.8. The molecule has 0 bridgehead atoms. The summed E-state index contributed by atoms with van der Waals surface area (Å²) in [5.74, 6) is 1.12. The third-order valence-electron chi connectivity index (χ3n) is 5.66. The van der Waals surface area contributed by atoms with Crippen molar-refractivity contribution >= 4 is 16.8 Å². The van der Waals surface area contributed by atoms with Crippen LogP contribution in [0, 0.1) is 6.92 Å². The standard InChI is InChI=1S/C26H22N6O2/c1-17-20(26(33)29-15-18-8-11-27-12-9-18)4-3-5-24(17)34-25-10-13-28-22-14-19(6-7-21(22)25)23-16-30-31-32(23)2/h3-14,16H,15H2,1-2H3,(H,29,33). The van der Waals surface area contributed by atoms with Gasteiger partial charge in [-0.15, -0.1) is 5.10 Å². The van der Waals surface area contributed by atoms with Crippen molar-refractivity contribution in [2.24, 2.45) is 7.05 Å². The molecule has 1 N–H and O–H groups in total. The number of nitrogens with one attached hydrogen (secondary N) is 1. The van der Waals surface area contributed by atoms with Gasteiger partial charge in [-0.2, -0.15) is 0 Å². The molecule has 5 rings (SSSR count). The van der Waals surface area contributed by atoms with Crippen LogP contribution in [0.15, 0.2) is 79.4 Å². The highest BCUT2D eigenvalue weighted by molar-refractivity contribution is 5.96. The van der Waals surface area contributed by atoms with Crippen LogP contribution in [0.1, 0.15) is 21.5 Å². The van der Waals surface area contributed by atoms with E-state index in [-0.39, 0.29) is 5.91 Å². The molecule has 0 saturated carbocycles. The van der Waals surface area contributed by atoms with E-state index in [1.165, 1.54) is 0 Å². The number of ether oxygens (including phenoxy) is 1. The average molecular weight is 451 g/mol. The Balaban J connectivity index is 1.40. The van der Waals surface area contributed by atoms with Crippen molar-refractivity contribution in [3.8, 4) is 22.8 Å². The molecule has 8 nitrogen and oxygen atoms in total. The van der Waals surface area contributed by atoms with Crippen molar-refractivity contribution in [2.75, 3.05) is 0 Å². The number of amides is 1. The molecule has 3 aromatic heterocycles. The van der Waals surface area contributed by atoms with Gasteiger partial charge in [0, 0.05) is 54.3 Å². The lowest BCUT2D eigenvalue weighted by Crippen LogP contribution is -2.23.